The number of aromatic nitrogens is 2. The molecule has 196 valence electrons. The highest BCUT2D eigenvalue weighted by molar-refractivity contribution is 6.32. The van der Waals surface area contributed by atoms with Crippen molar-refractivity contribution in [2.45, 2.75) is 24.9 Å². The third-order valence-corrected chi connectivity index (χ3v) is 8.10. The molecule has 4 heterocycles. The van der Waals surface area contributed by atoms with E-state index in [1.807, 2.05) is 4.90 Å². The molecular formula is C28H29ClN6O3. The molecule has 3 aliphatic rings. The summed E-state index contributed by atoms with van der Waals surface area (Å²) in [6.07, 6.45) is 5.17. The van der Waals surface area contributed by atoms with Crippen LogP contribution in [0.5, 0.6) is 5.75 Å². The number of hydrogen-bond acceptors (Lipinski definition) is 7. The minimum absolute atomic E-state index is 0.0231. The van der Waals surface area contributed by atoms with E-state index in [1.165, 1.54) is 12.1 Å². The van der Waals surface area contributed by atoms with Crippen LogP contribution < -0.4 is 10.2 Å². The van der Waals surface area contributed by atoms with E-state index in [0.29, 0.717) is 43.6 Å². The standard InChI is InChI=1S/C28H29ClN6O3/c29-24-12-20(4-7-25(24)36)32-28(38)19-8-11-33(14-19)17-26(37)35-16-22-13-23(35)15-34(22)21-5-2-18(3-6-21)27-30-9-1-10-31-27/h1-7,9-10,12,19,22-23,36H,8,11,13-17H2,(H,32,38)/t19-,22+,23+/m1/s1. The van der Waals surface area contributed by atoms with E-state index in [4.69, 9.17) is 11.6 Å². The van der Waals surface area contributed by atoms with E-state index in [2.05, 4.69) is 49.4 Å². The Hall–Kier alpha value is -3.69. The van der Waals surface area contributed by atoms with Gasteiger partial charge in [0.25, 0.3) is 0 Å². The Kier molecular flexibility index (Phi) is 6.63. The minimum Gasteiger partial charge on any atom is -0.506 e. The second kappa shape index (κ2) is 10.2. The first-order valence-corrected chi connectivity index (χ1v) is 13.3. The second-order valence-corrected chi connectivity index (χ2v) is 10.6. The quantitative estimate of drug-likeness (QED) is 0.470. The Morgan fingerprint density at radius 1 is 1.03 bits per heavy atom. The smallest absolute Gasteiger partial charge is 0.237 e. The van der Waals surface area contributed by atoms with Crippen molar-refractivity contribution in [3.63, 3.8) is 0 Å². The predicted molar refractivity (Wildman–Crippen MR) is 145 cm³/mol. The van der Waals surface area contributed by atoms with Crippen molar-refractivity contribution < 1.29 is 14.7 Å². The number of fused-ring (bicyclic) bond motifs is 2. The number of carbonyl (C=O) groups excluding carboxylic acids is 2. The number of piperazine rings is 1. The number of aromatic hydroxyl groups is 1. The lowest BCUT2D eigenvalue weighted by molar-refractivity contribution is -0.133. The van der Waals surface area contributed by atoms with Gasteiger partial charge < -0.3 is 20.2 Å². The van der Waals surface area contributed by atoms with E-state index in [-0.39, 0.29) is 34.5 Å². The summed E-state index contributed by atoms with van der Waals surface area (Å²) in [6, 6.07) is 15.3. The molecule has 1 aromatic heterocycles. The maximum Gasteiger partial charge on any atom is 0.237 e. The number of hydrogen-bond donors (Lipinski definition) is 2. The van der Waals surface area contributed by atoms with Crippen LogP contribution in [-0.2, 0) is 9.59 Å². The summed E-state index contributed by atoms with van der Waals surface area (Å²) in [7, 11) is 0. The number of nitrogens with one attached hydrogen (secondary N) is 1. The van der Waals surface area contributed by atoms with Crippen LogP contribution in [-0.4, -0.2) is 81.5 Å². The molecule has 10 heteroatoms. The lowest BCUT2D eigenvalue weighted by atomic mass is 10.1. The summed E-state index contributed by atoms with van der Waals surface area (Å²) >= 11 is 5.94. The number of phenolic OH excluding ortho intramolecular Hbond substituents is 1. The molecule has 3 aliphatic heterocycles. The van der Waals surface area contributed by atoms with Gasteiger partial charge in [0.2, 0.25) is 11.8 Å². The van der Waals surface area contributed by atoms with Gasteiger partial charge in [-0.3, -0.25) is 14.5 Å². The Morgan fingerprint density at radius 3 is 2.53 bits per heavy atom. The van der Waals surface area contributed by atoms with Crippen LogP contribution in [0.3, 0.4) is 0 Å². The molecule has 0 unspecified atom stereocenters. The van der Waals surface area contributed by atoms with Gasteiger partial charge in [-0.15, -0.1) is 0 Å². The summed E-state index contributed by atoms with van der Waals surface area (Å²) in [6.45, 7) is 3.16. The summed E-state index contributed by atoms with van der Waals surface area (Å²) in [5.74, 6) is 0.544. The molecule has 0 radical (unpaired) electrons. The molecule has 0 aliphatic carbocycles. The van der Waals surface area contributed by atoms with Gasteiger partial charge in [-0.25, -0.2) is 9.97 Å². The number of anilines is 2. The first-order valence-electron chi connectivity index (χ1n) is 12.9. The van der Waals surface area contributed by atoms with Crippen molar-refractivity contribution in [3.05, 3.63) is 65.9 Å². The predicted octanol–water partition coefficient (Wildman–Crippen LogP) is 3.25. The van der Waals surface area contributed by atoms with Gasteiger partial charge >= 0.3 is 0 Å². The molecular weight excluding hydrogens is 504 g/mol. The van der Waals surface area contributed by atoms with Crippen molar-refractivity contribution in [2.75, 3.05) is 42.9 Å². The zero-order valence-corrected chi connectivity index (χ0v) is 21.6. The topological polar surface area (TPSA) is 102 Å². The van der Waals surface area contributed by atoms with Crippen LogP contribution in [0.1, 0.15) is 12.8 Å². The Morgan fingerprint density at radius 2 is 1.82 bits per heavy atom. The molecule has 0 saturated carbocycles. The van der Waals surface area contributed by atoms with Gasteiger partial charge in [0.1, 0.15) is 5.75 Å². The molecule has 3 atom stereocenters. The number of carbonyl (C=O) groups is 2. The third-order valence-electron chi connectivity index (χ3n) is 7.80. The van der Waals surface area contributed by atoms with Crippen molar-refractivity contribution >= 4 is 34.8 Å². The van der Waals surface area contributed by atoms with Crippen LogP contribution in [0.25, 0.3) is 11.4 Å². The number of likely N-dealkylation sites (tertiary alicyclic amines) is 2. The van der Waals surface area contributed by atoms with Gasteiger partial charge in [-0.05, 0) is 67.9 Å². The summed E-state index contributed by atoms with van der Waals surface area (Å²) < 4.78 is 0. The third kappa shape index (κ3) is 4.91. The molecule has 2 N–H and O–H groups in total. The Bertz CT molecular complexity index is 1340. The monoisotopic (exact) mass is 532 g/mol. The maximum atomic E-state index is 13.2. The fourth-order valence-corrected chi connectivity index (χ4v) is 6.02. The highest BCUT2D eigenvalue weighted by Gasteiger charge is 2.45. The van der Waals surface area contributed by atoms with Crippen molar-refractivity contribution in [1.29, 1.82) is 0 Å². The highest BCUT2D eigenvalue weighted by atomic mass is 35.5. The fourth-order valence-electron chi connectivity index (χ4n) is 5.84. The van der Waals surface area contributed by atoms with E-state index in [9.17, 15) is 14.7 Å². The van der Waals surface area contributed by atoms with E-state index >= 15 is 0 Å². The normalized spacial score (nSPS) is 22.7. The number of phenols is 1. The Balaban J connectivity index is 1.00. The number of rotatable bonds is 6. The lowest BCUT2D eigenvalue weighted by Crippen LogP contribution is -2.51. The van der Waals surface area contributed by atoms with Gasteiger partial charge in [0.15, 0.2) is 5.82 Å². The average Bonchev–Trinajstić information content (AvgIpc) is 3.68. The van der Waals surface area contributed by atoms with Crippen LogP contribution in [0, 0.1) is 5.92 Å². The van der Waals surface area contributed by atoms with Gasteiger partial charge in [-0.1, -0.05) is 11.6 Å². The molecule has 2 amide bonds. The van der Waals surface area contributed by atoms with Crippen LogP contribution in [0.4, 0.5) is 11.4 Å². The molecule has 9 nitrogen and oxygen atoms in total. The lowest BCUT2D eigenvalue weighted by Gasteiger charge is -2.36. The molecule has 6 rings (SSSR count). The molecule has 2 bridgehead atoms. The zero-order chi connectivity index (χ0) is 26.2. The second-order valence-electron chi connectivity index (χ2n) is 10.2. The number of halogens is 1. The highest BCUT2D eigenvalue weighted by Crippen LogP contribution is 2.35. The maximum absolute atomic E-state index is 13.2. The number of benzene rings is 2. The largest absolute Gasteiger partial charge is 0.506 e. The fraction of sp³-hybridized carbons (Fsp3) is 0.357. The first kappa shape index (κ1) is 24.6. The summed E-state index contributed by atoms with van der Waals surface area (Å²) in [5, 5.41) is 12.6. The first-order chi connectivity index (χ1) is 18.4. The van der Waals surface area contributed by atoms with E-state index in [1.54, 1.807) is 24.5 Å². The minimum atomic E-state index is -0.190. The SMILES string of the molecule is O=C(Nc1ccc(O)c(Cl)c1)[C@@H]1CCN(CC(=O)N2C[C@@H]3C[C@H]2CN3c2ccc(-c3ncccn3)cc2)C1. The van der Waals surface area contributed by atoms with Crippen molar-refractivity contribution in [1.82, 2.24) is 19.8 Å². The summed E-state index contributed by atoms with van der Waals surface area (Å²) in [4.78, 5) is 41.0. The summed E-state index contributed by atoms with van der Waals surface area (Å²) in [5.41, 5.74) is 2.69. The van der Waals surface area contributed by atoms with Crippen LogP contribution >= 0.6 is 11.6 Å². The number of nitrogens with zero attached hydrogens (tertiary/aromatic N) is 5. The van der Waals surface area contributed by atoms with Gasteiger partial charge in [0.05, 0.1) is 23.5 Å². The average molecular weight is 533 g/mol. The zero-order valence-electron chi connectivity index (χ0n) is 20.8. The van der Waals surface area contributed by atoms with Crippen LogP contribution in [0.15, 0.2) is 60.9 Å². The van der Waals surface area contributed by atoms with Crippen molar-refractivity contribution in [2.24, 2.45) is 5.92 Å². The molecule has 2 aromatic carbocycles. The van der Waals surface area contributed by atoms with Crippen LogP contribution in [0.2, 0.25) is 5.02 Å². The molecule has 38 heavy (non-hydrogen) atoms. The molecule has 3 aromatic rings. The van der Waals surface area contributed by atoms with E-state index < -0.39 is 0 Å². The Labute approximate surface area is 226 Å². The number of amides is 2. The van der Waals surface area contributed by atoms with Crippen molar-refractivity contribution in [3.8, 4) is 17.1 Å². The molecule has 3 fully saturated rings. The molecule has 0 spiro atoms. The molecule has 3 saturated heterocycles. The van der Waals surface area contributed by atoms with Gasteiger partial charge in [0, 0.05) is 55.0 Å². The van der Waals surface area contributed by atoms with Gasteiger partial charge in [-0.2, -0.15) is 0 Å². The van der Waals surface area contributed by atoms with E-state index in [0.717, 1.165) is 30.8 Å².